The van der Waals surface area contributed by atoms with Crippen molar-refractivity contribution < 1.29 is 19.3 Å². The van der Waals surface area contributed by atoms with Crippen LogP contribution in [-0.4, -0.2) is 32.7 Å². The van der Waals surface area contributed by atoms with Crippen LogP contribution in [0.1, 0.15) is 29.3 Å². The average Bonchev–Trinajstić information content (AvgIpc) is 3.04. The standard InChI is InChI=1S/C23H19Cl2N3O5/c1-13-5-4-7-17-20(13)23(31)27(22(17)30)26(21(29)16-6-2-3-8-18(16)25)12-14-9-10-15(24)11-19(14)28(32)33/h2-6,8-11,13,17,20H,7,12H2,1H3/t13-,17+,20+/m1/s1. The Morgan fingerprint density at radius 3 is 2.58 bits per heavy atom. The van der Waals surface area contributed by atoms with Gasteiger partial charge in [-0.25, -0.2) is 5.01 Å². The van der Waals surface area contributed by atoms with Gasteiger partial charge in [0.25, 0.3) is 23.4 Å². The van der Waals surface area contributed by atoms with Gasteiger partial charge < -0.3 is 0 Å². The molecule has 0 bridgehead atoms. The molecule has 10 heteroatoms. The van der Waals surface area contributed by atoms with Crippen LogP contribution in [0, 0.1) is 27.9 Å². The van der Waals surface area contributed by atoms with Crippen molar-refractivity contribution in [2.24, 2.45) is 17.8 Å². The zero-order valence-electron chi connectivity index (χ0n) is 17.5. The van der Waals surface area contributed by atoms with Crippen molar-refractivity contribution in [3.05, 3.63) is 85.9 Å². The first-order valence-corrected chi connectivity index (χ1v) is 11.0. The molecule has 4 rings (SSSR count). The predicted octanol–water partition coefficient (Wildman–Crippen LogP) is 4.66. The van der Waals surface area contributed by atoms with Gasteiger partial charge in [-0.15, -0.1) is 0 Å². The molecule has 3 amide bonds. The lowest BCUT2D eigenvalue weighted by Crippen LogP contribution is -2.50. The Balaban J connectivity index is 1.80. The molecule has 0 aromatic heterocycles. The zero-order chi connectivity index (χ0) is 23.9. The molecule has 0 radical (unpaired) electrons. The van der Waals surface area contributed by atoms with Crippen LogP contribution in [-0.2, 0) is 16.1 Å². The molecule has 2 aromatic rings. The number of nitro groups is 1. The van der Waals surface area contributed by atoms with E-state index in [-0.39, 0.29) is 32.8 Å². The molecular formula is C23H19Cl2N3O5. The number of allylic oxidation sites excluding steroid dienone is 2. The number of imide groups is 1. The van der Waals surface area contributed by atoms with Crippen LogP contribution in [0.15, 0.2) is 54.6 Å². The number of fused-ring (bicyclic) bond motifs is 1. The first-order chi connectivity index (χ1) is 15.7. The summed E-state index contributed by atoms with van der Waals surface area (Å²) >= 11 is 12.1. The van der Waals surface area contributed by atoms with Crippen LogP contribution in [0.3, 0.4) is 0 Å². The molecule has 1 fully saturated rings. The second kappa shape index (κ2) is 8.96. The molecule has 33 heavy (non-hydrogen) atoms. The van der Waals surface area contributed by atoms with Crippen LogP contribution in [0.2, 0.25) is 10.0 Å². The minimum Gasteiger partial charge on any atom is -0.272 e. The molecule has 0 saturated carbocycles. The maximum atomic E-state index is 13.6. The quantitative estimate of drug-likeness (QED) is 0.264. The van der Waals surface area contributed by atoms with Crippen molar-refractivity contribution in [3.8, 4) is 0 Å². The summed E-state index contributed by atoms with van der Waals surface area (Å²) < 4.78 is 0. The number of carbonyl (C=O) groups is 3. The third kappa shape index (κ3) is 4.12. The van der Waals surface area contributed by atoms with Crippen LogP contribution >= 0.6 is 23.2 Å². The summed E-state index contributed by atoms with van der Waals surface area (Å²) in [5.74, 6) is -3.14. The van der Waals surface area contributed by atoms with Gasteiger partial charge in [0.2, 0.25) is 0 Å². The Morgan fingerprint density at radius 2 is 1.91 bits per heavy atom. The summed E-state index contributed by atoms with van der Waals surface area (Å²) in [5.41, 5.74) is -0.144. The lowest BCUT2D eigenvalue weighted by Gasteiger charge is -2.31. The van der Waals surface area contributed by atoms with Crippen molar-refractivity contribution in [2.45, 2.75) is 19.9 Å². The Labute approximate surface area is 199 Å². The predicted molar refractivity (Wildman–Crippen MR) is 121 cm³/mol. The van der Waals surface area contributed by atoms with E-state index in [1.165, 1.54) is 24.3 Å². The smallest absolute Gasteiger partial charge is 0.272 e. The molecule has 2 aliphatic rings. The van der Waals surface area contributed by atoms with Gasteiger partial charge in [-0.1, -0.05) is 54.4 Å². The Bertz CT molecular complexity index is 1200. The highest BCUT2D eigenvalue weighted by Crippen LogP contribution is 2.40. The average molecular weight is 488 g/mol. The molecule has 8 nitrogen and oxygen atoms in total. The van der Waals surface area contributed by atoms with E-state index < -0.39 is 41.0 Å². The highest BCUT2D eigenvalue weighted by Gasteiger charge is 2.53. The zero-order valence-corrected chi connectivity index (χ0v) is 19.0. The van der Waals surface area contributed by atoms with Gasteiger partial charge in [-0.3, -0.25) is 24.5 Å². The Kier molecular flexibility index (Phi) is 6.23. The molecule has 170 valence electrons. The molecule has 3 atom stereocenters. The lowest BCUT2D eigenvalue weighted by atomic mass is 9.78. The van der Waals surface area contributed by atoms with Gasteiger partial charge in [0.15, 0.2) is 0 Å². The topological polar surface area (TPSA) is 101 Å². The van der Waals surface area contributed by atoms with Gasteiger partial charge >= 0.3 is 0 Å². The van der Waals surface area contributed by atoms with E-state index in [4.69, 9.17) is 23.2 Å². The fraction of sp³-hybridized carbons (Fsp3) is 0.261. The summed E-state index contributed by atoms with van der Waals surface area (Å²) in [6, 6.07) is 10.2. The fourth-order valence-electron chi connectivity index (χ4n) is 4.38. The number of hydrogen-bond acceptors (Lipinski definition) is 5. The van der Waals surface area contributed by atoms with Crippen molar-refractivity contribution >= 4 is 46.6 Å². The minimum atomic E-state index is -0.717. The molecule has 1 heterocycles. The fourth-order valence-corrected chi connectivity index (χ4v) is 4.76. The van der Waals surface area contributed by atoms with E-state index in [1.807, 2.05) is 19.1 Å². The summed E-state index contributed by atoms with van der Waals surface area (Å²) in [6.07, 6.45) is 4.11. The second-order valence-corrected chi connectivity index (χ2v) is 8.86. The van der Waals surface area contributed by atoms with Gasteiger partial charge in [-0.2, -0.15) is 5.01 Å². The molecule has 0 N–H and O–H groups in total. The number of hydrazine groups is 1. The van der Waals surface area contributed by atoms with E-state index in [0.717, 1.165) is 16.1 Å². The largest absolute Gasteiger partial charge is 0.275 e. The highest BCUT2D eigenvalue weighted by molar-refractivity contribution is 6.34. The Morgan fingerprint density at radius 1 is 1.18 bits per heavy atom. The number of rotatable bonds is 5. The summed E-state index contributed by atoms with van der Waals surface area (Å²) in [7, 11) is 0. The molecule has 1 saturated heterocycles. The van der Waals surface area contributed by atoms with Crippen molar-refractivity contribution in [2.75, 3.05) is 0 Å². The number of halogens is 2. The molecular weight excluding hydrogens is 469 g/mol. The van der Waals surface area contributed by atoms with E-state index >= 15 is 0 Å². The van der Waals surface area contributed by atoms with Crippen molar-refractivity contribution in [1.29, 1.82) is 0 Å². The number of benzene rings is 2. The van der Waals surface area contributed by atoms with Crippen LogP contribution in [0.5, 0.6) is 0 Å². The van der Waals surface area contributed by atoms with Crippen LogP contribution in [0.25, 0.3) is 0 Å². The second-order valence-electron chi connectivity index (χ2n) is 8.02. The van der Waals surface area contributed by atoms with E-state index in [0.29, 0.717) is 6.42 Å². The first kappa shape index (κ1) is 22.9. The third-order valence-electron chi connectivity index (χ3n) is 5.99. The molecule has 0 spiro atoms. The van der Waals surface area contributed by atoms with E-state index in [1.54, 1.807) is 12.1 Å². The summed E-state index contributed by atoms with van der Waals surface area (Å²) in [4.78, 5) is 51.2. The number of nitro benzene ring substituents is 1. The SMILES string of the molecule is C[C@@H]1C=CC[C@@H]2C(=O)N(N(Cc3ccc(Cl)cc3[N+](=O)[O-])C(=O)c3ccccc3Cl)C(=O)[C@@H]12. The maximum absolute atomic E-state index is 13.6. The summed E-state index contributed by atoms with van der Waals surface area (Å²) in [5, 5.41) is 13.7. The molecule has 1 aliphatic carbocycles. The van der Waals surface area contributed by atoms with E-state index in [9.17, 15) is 24.5 Å². The lowest BCUT2D eigenvalue weighted by molar-refractivity contribution is -0.385. The Hall–Kier alpha value is -3.23. The van der Waals surface area contributed by atoms with Gasteiger partial charge in [0, 0.05) is 11.1 Å². The first-order valence-electron chi connectivity index (χ1n) is 10.2. The number of amides is 3. The van der Waals surface area contributed by atoms with Crippen molar-refractivity contribution in [1.82, 2.24) is 10.0 Å². The highest BCUT2D eigenvalue weighted by atomic mass is 35.5. The molecule has 2 aromatic carbocycles. The minimum absolute atomic E-state index is 0.0671. The summed E-state index contributed by atoms with van der Waals surface area (Å²) in [6.45, 7) is 1.45. The number of carbonyl (C=O) groups excluding carboxylic acids is 3. The van der Waals surface area contributed by atoms with Gasteiger partial charge in [-0.05, 0) is 36.6 Å². The van der Waals surface area contributed by atoms with Crippen molar-refractivity contribution in [3.63, 3.8) is 0 Å². The molecule has 1 aliphatic heterocycles. The maximum Gasteiger partial charge on any atom is 0.275 e. The van der Waals surface area contributed by atoms with Crippen LogP contribution < -0.4 is 0 Å². The monoisotopic (exact) mass is 487 g/mol. The van der Waals surface area contributed by atoms with E-state index in [2.05, 4.69) is 0 Å². The van der Waals surface area contributed by atoms with Gasteiger partial charge in [0.05, 0.1) is 39.5 Å². The third-order valence-corrected chi connectivity index (χ3v) is 6.56. The van der Waals surface area contributed by atoms with Gasteiger partial charge in [0.1, 0.15) is 0 Å². The number of hydrogen-bond donors (Lipinski definition) is 0. The normalized spacial score (nSPS) is 21.8. The van der Waals surface area contributed by atoms with Crippen LogP contribution in [0.4, 0.5) is 5.69 Å². The molecule has 0 unspecified atom stereocenters. The number of nitrogens with zero attached hydrogens (tertiary/aromatic N) is 3.